The van der Waals surface area contributed by atoms with Gasteiger partial charge < -0.3 is 25.3 Å². The van der Waals surface area contributed by atoms with Crippen LogP contribution in [0.25, 0.3) is 0 Å². The molecule has 7 heteroatoms. The first-order valence-corrected chi connectivity index (χ1v) is 9.35. The molecule has 25 heavy (non-hydrogen) atoms. The van der Waals surface area contributed by atoms with Crippen LogP contribution in [0.5, 0.6) is 0 Å². The Hall–Kier alpha value is -1.44. The Bertz CT molecular complexity index is 562. The Morgan fingerprint density at radius 3 is 2.48 bits per heavy atom. The number of hydrogen-bond acceptors (Lipinski definition) is 7. The third-order valence-electron chi connectivity index (χ3n) is 5.66. The quantitative estimate of drug-likeness (QED) is 0.692. The SMILES string of the molecule is CNc1nc(C)cc(N2C[C@@H](CO)[C@@H](CN3CCC(CO)CC3)C2)n1. The first kappa shape index (κ1) is 18.4. The standard InChI is InChI=1S/C18H31N5O2/c1-13-7-17(21-18(19-2)20-13)23-9-15(16(10-23)12-25)8-22-5-3-14(11-24)4-6-22/h7,14-16,24-25H,3-6,8-12H2,1-2H3,(H,19,20,21)/t15-,16-/m0/s1. The molecule has 2 atom stereocenters. The molecule has 3 N–H and O–H groups in total. The summed E-state index contributed by atoms with van der Waals surface area (Å²) in [7, 11) is 1.83. The molecule has 2 aliphatic heterocycles. The lowest BCUT2D eigenvalue weighted by Gasteiger charge is -2.33. The third kappa shape index (κ3) is 4.40. The van der Waals surface area contributed by atoms with Gasteiger partial charge in [-0.15, -0.1) is 0 Å². The number of nitrogens with zero attached hydrogens (tertiary/aromatic N) is 4. The molecular formula is C18H31N5O2. The summed E-state index contributed by atoms with van der Waals surface area (Å²) in [5, 5.41) is 22.2. The number of hydrogen-bond donors (Lipinski definition) is 3. The molecular weight excluding hydrogens is 318 g/mol. The van der Waals surface area contributed by atoms with E-state index in [2.05, 4.69) is 25.1 Å². The second-order valence-electron chi connectivity index (χ2n) is 7.48. The van der Waals surface area contributed by atoms with E-state index in [1.165, 1.54) is 0 Å². The number of piperidine rings is 1. The molecule has 0 bridgehead atoms. The summed E-state index contributed by atoms with van der Waals surface area (Å²) >= 11 is 0. The number of likely N-dealkylation sites (tertiary alicyclic amines) is 1. The van der Waals surface area contributed by atoms with Crippen molar-refractivity contribution in [3.8, 4) is 0 Å². The van der Waals surface area contributed by atoms with Gasteiger partial charge in [-0.3, -0.25) is 0 Å². The lowest BCUT2D eigenvalue weighted by atomic mass is 9.93. The van der Waals surface area contributed by atoms with Crippen LogP contribution in [0.2, 0.25) is 0 Å². The third-order valence-corrected chi connectivity index (χ3v) is 5.66. The number of anilines is 2. The highest BCUT2D eigenvalue weighted by molar-refractivity contribution is 5.45. The van der Waals surface area contributed by atoms with E-state index in [0.29, 0.717) is 24.4 Å². The van der Waals surface area contributed by atoms with E-state index in [0.717, 1.165) is 57.1 Å². The van der Waals surface area contributed by atoms with Crippen molar-refractivity contribution < 1.29 is 10.2 Å². The van der Waals surface area contributed by atoms with Crippen LogP contribution in [0.15, 0.2) is 6.07 Å². The predicted molar refractivity (Wildman–Crippen MR) is 98.8 cm³/mol. The molecule has 1 aromatic rings. The Balaban J connectivity index is 1.63. The second kappa shape index (κ2) is 8.29. The summed E-state index contributed by atoms with van der Waals surface area (Å²) in [4.78, 5) is 13.7. The lowest BCUT2D eigenvalue weighted by molar-refractivity contribution is 0.106. The summed E-state index contributed by atoms with van der Waals surface area (Å²) in [6, 6.07) is 2.02. The average Bonchev–Trinajstić information content (AvgIpc) is 3.04. The van der Waals surface area contributed by atoms with Gasteiger partial charge in [-0.2, -0.15) is 4.98 Å². The Morgan fingerprint density at radius 1 is 1.12 bits per heavy atom. The lowest BCUT2D eigenvalue weighted by Crippen LogP contribution is -2.40. The number of aromatic nitrogens is 2. The number of aliphatic hydroxyl groups is 2. The molecule has 0 aliphatic carbocycles. The molecule has 2 saturated heterocycles. The van der Waals surface area contributed by atoms with E-state index >= 15 is 0 Å². The number of rotatable bonds is 6. The van der Waals surface area contributed by atoms with E-state index in [-0.39, 0.29) is 12.5 Å². The van der Waals surface area contributed by atoms with E-state index in [4.69, 9.17) is 0 Å². The van der Waals surface area contributed by atoms with Crippen molar-refractivity contribution in [2.75, 3.05) is 63.2 Å². The molecule has 140 valence electrons. The average molecular weight is 349 g/mol. The van der Waals surface area contributed by atoms with Crippen molar-refractivity contribution in [3.05, 3.63) is 11.8 Å². The van der Waals surface area contributed by atoms with Crippen molar-refractivity contribution in [2.24, 2.45) is 17.8 Å². The molecule has 0 aromatic carbocycles. The van der Waals surface area contributed by atoms with E-state index in [1.54, 1.807) is 0 Å². The van der Waals surface area contributed by atoms with Gasteiger partial charge in [0.05, 0.1) is 0 Å². The predicted octanol–water partition coefficient (Wildman–Crippen LogP) is 0.576. The number of nitrogens with one attached hydrogen (secondary N) is 1. The van der Waals surface area contributed by atoms with Gasteiger partial charge in [0.15, 0.2) is 0 Å². The van der Waals surface area contributed by atoms with Crippen LogP contribution in [-0.2, 0) is 0 Å². The Kier molecular flexibility index (Phi) is 6.09. The van der Waals surface area contributed by atoms with Crippen LogP contribution in [0.4, 0.5) is 11.8 Å². The zero-order chi connectivity index (χ0) is 17.8. The Morgan fingerprint density at radius 2 is 1.84 bits per heavy atom. The molecule has 0 radical (unpaired) electrons. The summed E-state index contributed by atoms with van der Waals surface area (Å²) in [6.45, 7) is 7.39. The first-order chi connectivity index (χ1) is 12.1. The smallest absolute Gasteiger partial charge is 0.224 e. The van der Waals surface area contributed by atoms with E-state index in [9.17, 15) is 10.2 Å². The van der Waals surface area contributed by atoms with E-state index in [1.807, 2.05) is 20.0 Å². The maximum absolute atomic E-state index is 9.84. The maximum Gasteiger partial charge on any atom is 0.224 e. The fourth-order valence-corrected chi connectivity index (χ4v) is 4.05. The van der Waals surface area contributed by atoms with Crippen LogP contribution in [-0.4, -0.2) is 78.1 Å². The van der Waals surface area contributed by atoms with Crippen LogP contribution in [0, 0.1) is 24.7 Å². The van der Waals surface area contributed by atoms with Gasteiger partial charge >= 0.3 is 0 Å². The Labute approximate surface area is 150 Å². The molecule has 2 fully saturated rings. The van der Waals surface area contributed by atoms with Crippen molar-refractivity contribution >= 4 is 11.8 Å². The van der Waals surface area contributed by atoms with Gasteiger partial charge in [-0.25, -0.2) is 4.98 Å². The minimum Gasteiger partial charge on any atom is -0.396 e. The zero-order valence-corrected chi connectivity index (χ0v) is 15.4. The van der Waals surface area contributed by atoms with Gasteiger partial charge in [0, 0.05) is 57.6 Å². The monoisotopic (exact) mass is 349 g/mol. The summed E-state index contributed by atoms with van der Waals surface area (Å²) in [5.74, 6) is 2.78. The van der Waals surface area contributed by atoms with Crippen molar-refractivity contribution in [1.29, 1.82) is 0 Å². The van der Waals surface area contributed by atoms with Crippen molar-refractivity contribution in [1.82, 2.24) is 14.9 Å². The molecule has 3 rings (SSSR count). The summed E-state index contributed by atoms with van der Waals surface area (Å²) in [6.07, 6.45) is 2.15. The molecule has 0 spiro atoms. The summed E-state index contributed by atoms with van der Waals surface area (Å²) < 4.78 is 0. The molecule has 0 saturated carbocycles. The largest absolute Gasteiger partial charge is 0.396 e. The molecule has 0 amide bonds. The van der Waals surface area contributed by atoms with Gasteiger partial charge in [0.1, 0.15) is 5.82 Å². The van der Waals surface area contributed by atoms with Gasteiger partial charge in [-0.05, 0) is 44.7 Å². The highest BCUT2D eigenvalue weighted by atomic mass is 16.3. The normalized spacial score (nSPS) is 25.5. The number of aliphatic hydroxyl groups excluding tert-OH is 2. The fraction of sp³-hybridized carbons (Fsp3) is 0.778. The maximum atomic E-state index is 9.84. The molecule has 1 aromatic heterocycles. The van der Waals surface area contributed by atoms with Crippen LogP contribution in [0.1, 0.15) is 18.5 Å². The van der Waals surface area contributed by atoms with Crippen LogP contribution in [0.3, 0.4) is 0 Å². The summed E-state index contributed by atoms with van der Waals surface area (Å²) in [5.41, 5.74) is 0.949. The molecule has 0 unspecified atom stereocenters. The zero-order valence-electron chi connectivity index (χ0n) is 15.4. The van der Waals surface area contributed by atoms with E-state index < -0.39 is 0 Å². The molecule has 3 heterocycles. The van der Waals surface area contributed by atoms with Gasteiger partial charge in [0.25, 0.3) is 0 Å². The first-order valence-electron chi connectivity index (χ1n) is 9.35. The highest BCUT2D eigenvalue weighted by Gasteiger charge is 2.35. The topological polar surface area (TPSA) is 84.8 Å². The minimum absolute atomic E-state index is 0.219. The minimum atomic E-state index is 0.219. The van der Waals surface area contributed by atoms with Crippen molar-refractivity contribution in [3.63, 3.8) is 0 Å². The van der Waals surface area contributed by atoms with Crippen LogP contribution >= 0.6 is 0 Å². The van der Waals surface area contributed by atoms with Gasteiger partial charge in [0.2, 0.25) is 5.95 Å². The van der Waals surface area contributed by atoms with Crippen LogP contribution < -0.4 is 10.2 Å². The second-order valence-corrected chi connectivity index (χ2v) is 7.48. The molecule has 2 aliphatic rings. The number of aryl methyl sites for hydroxylation is 1. The van der Waals surface area contributed by atoms with Crippen molar-refractivity contribution in [2.45, 2.75) is 19.8 Å². The fourth-order valence-electron chi connectivity index (χ4n) is 4.05. The highest BCUT2D eigenvalue weighted by Crippen LogP contribution is 2.29. The molecule has 7 nitrogen and oxygen atoms in total. The van der Waals surface area contributed by atoms with Gasteiger partial charge in [-0.1, -0.05) is 0 Å².